The lowest BCUT2D eigenvalue weighted by Gasteiger charge is -2.01. The van der Waals surface area contributed by atoms with Crippen LogP contribution in [0.25, 0.3) is 21.8 Å². The first-order valence-corrected chi connectivity index (χ1v) is 7.79. The van der Waals surface area contributed by atoms with E-state index < -0.39 is 0 Å². The summed E-state index contributed by atoms with van der Waals surface area (Å²) in [4.78, 5) is 4.60. The molecule has 100 valence electrons. The van der Waals surface area contributed by atoms with Crippen LogP contribution >= 0.6 is 27.3 Å². The van der Waals surface area contributed by atoms with E-state index >= 15 is 0 Å². The predicted molar refractivity (Wildman–Crippen MR) is 85.4 cm³/mol. The predicted octanol–water partition coefficient (Wildman–Crippen LogP) is 5.69. The van der Waals surface area contributed by atoms with Gasteiger partial charge in [-0.3, -0.25) is 0 Å². The van der Waals surface area contributed by atoms with Gasteiger partial charge in [-0.1, -0.05) is 46.3 Å². The average molecular weight is 348 g/mol. The molecular weight excluding hydrogens is 337 g/mol. The molecule has 0 bridgehead atoms. The third kappa shape index (κ3) is 2.53. The lowest BCUT2D eigenvalue weighted by molar-refractivity contribution is 0.619. The van der Waals surface area contributed by atoms with Crippen molar-refractivity contribution in [3.05, 3.63) is 63.7 Å². The van der Waals surface area contributed by atoms with Gasteiger partial charge in [0.2, 0.25) is 0 Å². The van der Waals surface area contributed by atoms with Crippen molar-refractivity contribution in [2.45, 2.75) is 6.92 Å². The molecule has 1 nitrogen and oxygen atoms in total. The number of rotatable bonds is 2. The average Bonchev–Trinajstić information content (AvgIpc) is 2.92. The van der Waals surface area contributed by atoms with Crippen LogP contribution in [-0.2, 0) is 0 Å². The summed E-state index contributed by atoms with van der Waals surface area (Å²) in [7, 11) is 0. The molecule has 1 aromatic heterocycles. The molecule has 0 amide bonds. The first-order chi connectivity index (χ1) is 9.65. The molecule has 0 unspecified atom stereocenters. The van der Waals surface area contributed by atoms with Gasteiger partial charge < -0.3 is 0 Å². The second-order valence-corrected chi connectivity index (χ2v) is 6.19. The Labute approximate surface area is 129 Å². The standard InChI is InChI=1S/C16H11BrFNS/c1-10-6-7-11(8-14(10)18)15-9-20-16(19-15)12-4-2-3-5-13(12)17/h2-9H,1H3. The summed E-state index contributed by atoms with van der Waals surface area (Å²) in [5.41, 5.74) is 3.31. The number of aryl methyl sites for hydroxylation is 1. The maximum absolute atomic E-state index is 13.6. The number of nitrogens with zero attached hydrogens (tertiary/aromatic N) is 1. The Morgan fingerprint density at radius 3 is 2.70 bits per heavy atom. The Hall–Kier alpha value is -1.52. The molecule has 4 heteroatoms. The molecule has 0 aliphatic heterocycles. The molecule has 0 spiro atoms. The van der Waals surface area contributed by atoms with Gasteiger partial charge in [0.1, 0.15) is 10.8 Å². The molecule has 0 atom stereocenters. The van der Waals surface area contributed by atoms with Gasteiger partial charge in [0.25, 0.3) is 0 Å². The Morgan fingerprint density at radius 2 is 1.95 bits per heavy atom. The number of aromatic nitrogens is 1. The number of halogens is 2. The SMILES string of the molecule is Cc1ccc(-c2csc(-c3ccccc3Br)n2)cc1F. The highest BCUT2D eigenvalue weighted by Gasteiger charge is 2.10. The molecule has 20 heavy (non-hydrogen) atoms. The molecule has 3 aromatic rings. The fourth-order valence-corrected chi connectivity index (χ4v) is 3.39. The van der Waals surface area contributed by atoms with Crippen molar-refractivity contribution in [3.8, 4) is 21.8 Å². The van der Waals surface area contributed by atoms with E-state index in [0.29, 0.717) is 5.56 Å². The highest BCUT2D eigenvalue weighted by atomic mass is 79.9. The second-order valence-electron chi connectivity index (χ2n) is 4.48. The van der Waals surface area contributed by atoms with E-state index in [0.717, 1.165) is 26.3 Å². The third-order valence-corrected chi connectivity index (χ3v) is 4.64. The fourth-order valence-electron chi connectivity index (χ4n) is 1.92. The lowest BCUT2D eigenvalue weighted by Crippen LogP contribution is -1.85. The smallest absolute Gasteiger partial charge is 0.126 e. The van der Waals surface area contributed by atoms with E-state index in [-0.39, 0.29) is 5.82 Å². The molecule has 0 radical (unpaired) electrons. The largest absolute Gasteiger partial charge is 0.236 e. The van der Waals surface area contributed by atoms with Gasteiger partial charge >= 0.3 is 0 Å². The van der Waals surface area contributed by atoms with E-state index in [2.05, 4.69) is 20.9 Å². The second kappa shape index (κ2) is 5.46. The Bertz CT molecular complexity index is 767. The van der Waals surface area contributed by atoms with Gasteiger partial charge in [0.15, 0.2) is 0 Å². The molecule has 1 heterocycles. The fraction of sp³-hybridized carbons (Fsp3) is 0.0625. The topological polar surface area (TPSA) is 12.9 Å². The van der Waals surface area contributed by atoms with Crippen LogP contribution in [0.5, 0.6) is 0 Å². The van der Waals surface area contributed by atoms with Crippen molar-refractivity contribution in [1.82, 2.24) is 4.98 Å². The maximum atomic E-state index is 13.6. The van der Waals surface area contributed by atoms with Crippen molar-refractivity contribution >= 4 is 27.3 Å². The van der Waals surface area contributed by atoms with Crippen LogP contribution in [0.2, 0.25) is 0 Å². The van der Waals surface area contributed by atoms with Gasteiger partial charge in [0.05, 0.1) is 5.69 Å². The molecule has 0 fully saturated rings. The summed E-state index contributed by atoms with van der Waals surface area (Å²) in [6, 6.07) is 13.2. The number of hydrogen-bond donors (Lipinski definition) is 0. The number of hydrogen-bond acceptors (Lipinski definition) is 2. The normalized spacial score (nSPS) is 10.8. The van der Waals surface area contributed by atoms with Gasteiger partial charge in [0, 0.05) is 21.0 Å². The monoisotopic (exact) mass is 347 g/mol. The van der Waals surface area contributed by atoms with Crippen LogP contribution in [0.1, 0.15) is 5.56 Å². The Kier molecular flexibility index (Phi) is 3.68. The van der Waals surface area contributed by atoms with Crippen molar-refractivity contribution < 1.29 is 4.39 Å². The van der Waals surface area contributed by atoms with E-state index in [1.54, 1.807) is 24.3 Å². The molecular formula is C16H11BrFNS. The van der Waals surface area contributed by atoms with Crippen LogP contribution in [-0.4, -0.2) is 4.98 Å². The molecule has 0 saturated heterocycles. The highest BCUT2D eigenvalue weighted by molar-refractivity contribution is 9.10. The minimum Gasteiger partial charge on any atom is -0.236 e. The number of thiazole rings is 1. The zero-order chi connectivity index (χ0) is 14.1. The van der Waals surface area contributed by atoms with Crippen LogP contribution in [0, 0.1) is 12.7 Å². The molecule has 0 aliphatic rings. The molecule has 0 saturated carbocycles. The van der Waals surface area contributed by atoms with Crippen molar-refractivity contribution in [3.63, 3.8) is 0 Å². The summed E-state index contributed by atoms with van der Waals surface area (Å²) in [5, 5.41) is 2.88. The molecule has 3 rings (SSSR count). The van der Waals surface area contributed by atoms with Gasteiger partial charge in [-0.15, -0.1) is 11.3 Å². The Balaban J connectivity index is 2.02. The maximum Gasteiger partial charge on any atom is 0.126 e. The summed E-state index contributed by atoms with van der Waals surface area (Å²) < 4.78 is 14.6. The summed E-state index contributed by atoms with van der Waals surface area (Å²) >= 11 is 5.08. The summed E-state index contributed by atoms with van der Waals surface area (Å²) in [5.74, 6) is -0.196. The van der Waals surface area contributed by atoms with Gasteiger partial charge in [-0.05, 0) is 24.6 Å². The zero-order valence-corrected chi connectivity index (χ0v) is 13.1. The highest BCUT2D eigenvalue weighted by Crippen LogP contribution is 2.33. The summed E-state index contributed by atoms with van der Waals surface area (Å²) in [6.45, 7) is 1.76. The van der Waals surface area contributed by atoms with Crippen LogP contribution in [0.15, 0.2) is 52.3 Å². The summed E-state index contributed by atoms with van der Waals surface area (Å²) in [6.07, 6.45) is 0. The van der Waals surface area contributed by atoms with Crippen LogP contribution in [0.3, 0.4) is 0 Å². The third-order valence-electron chi connectivity index (χ3n) is 3.08. The minimum atomic E-state index is -0.196. The van der Waals surface area contributed by atoms with E-state index in [1.807, 2.05) is 35.7 Å². The first kappa shape index (κ1) is 13.5. The van der Waals surface area contributed by atoms with Crippen molar-refractivity contribution in [1.29, 1.82) is 0 Å². The molecule has 0 N–H and O–H groups in total. The van der Waals surface area contributed by atoms with Crippen LogP contribution < -0.4 is 0 Å². The zero-order valence-electron chi connectivity index (χ0n) is 10.7. The van der Waals surface area contributed by atoms with E-state index in [4.69, 9.17) is 0 Å². The van der Waals surface area contributed by atoms with Gasteiger partial charge in [-0.2, -0.15) is 0 Å². The van der Waals surface area contributed by atoms with Crippen molar-refractivity contribution in [2.24, 2.45) is 0 Å². The van der Waals surface area contributed by atoms with Gasteiger partial charge in [-0.25, -0.2) is 9.37 Å². The van der Waals surface area contributed by atoms with Crippen molar-refractivity contribution in [2.75, 3.05) is 0 Å². The first-order valence-electron chi connectivity index (χ1n) is 6.12. The quantitative estimate of drug-likeness (QED) is 0.580. The lowest BCUT2D eigenvalue weighted by atomic mass is 10.1. The van der Waals surface area contributed by atoms with E-state index in [1.165, 1.54) is 6.07 Å². The van der Waals surface area contributed by atoms with E-state index in [9.17, 15) is 4.39 Å². The minimum absolute atomic E-state index is 0.196. The number of benzene rings is 2. The Morgan fingerprint density at radius 1 is 1.15 bits per heavy atom. The molecule has 0 aliphatic carbocycles. The van der Waals surface area contributed by atoms with Crippen LogP contribution in [0.4, 0.5) is 4.39 Å². The molecule has 2 aromatic carbocycles.